The molecule has 0 aromatic carbocycles. The van der Waals surface area contributed by atoms with Crippen molar-refractivity contribution in [1.82, 2.24) is 0 Å². The highest BCUT2D eigenvalue weighted by atomic mass is 16.9. The van der Waals surface area contributed by atoms with Gasteiger partial charge in [0.05, 0.1) is 12.7 Å². The topological polar surface area (TPSA) is 27.7 Å². The Morgan fingerprint density at radius 1 is 1.06 bits per heavy atom. The van der Waals surface area contributed by atoms with E-state index in [9.17, 15) is 0 Å². The number of hydrogen-bond acceptors (Lipinski definition) is 3. The van der Waals surface area contributed by atoms with Crippen LogP contribution in [0.3, 0.4) is 0 Å². The van der Waals surface area contributed by atoms with Gasteiger partial charge in [-0.15, -0.1) is 0 Å². The number of rotatable bonds is 9. The lowest BCUT2D eigenvalue weighted by atomic mass is 10.1. The molecule has 0 amide bonds. The average molecular weight is 230 g/mol. The molecule has 1 aliphatic rings. The highest BCUT2D eigenvalue weighted by molar-refractivity contribution is 4.62. The third kappa shape index (κ3) is 5.83. The summed E-state index contributed by atoms with van der Waals surface area (Å²) in [6, 6.07) is 0. The zero-order valence-electron chi connectivity index (χ0n) is 10.7. The molecule has 0 aliphatic carbocycles. The van der Waals surface area contributed by atoms with Gasteiger partial charge >= 0.3 is 0 Å². The number of ether oxygens (including phenoxy) is 3. The quantitative estimate of drug-likeness (QED) is 0.568. The van der Waals surface area contributed by atoms with Crippen LogP contribution in [-0.4, -0.2) is 25.8 Å². The maximum atomic E-state index is 5.59. The summed E-state index contributed by atoms with van der Waals surface area (Å²) in [5, 5.41) is 0. The molecule has 3 nitrogen and oxygen atoms in total. The van der Waals surface area contributed by atoms with E-state index in [0.29, 0.717) is 13.2 Å². The summed E-state index contributed by atoms with van der Waals surface area (Å²) in [6.45, 7) is 5.13. The molecule has 0 spiro atoms. The van der Waals surface area contributed by atoms with Gasteiger partial charge in [0.25, 0.3) is 6.48 Å². The fraction of sp³-hybridized carbons (Fsp3) is 1.00. The van der Waals surface area contributed by atoms with Crippen LogP contribution in [0.1, 0.15) is 58.8 Å². The van der Waals surface area contributed by atoms with E-state index >= 15 is 0 Å². The van der Waals surface area contributed by atoms with Crippen LogP contribution >= 0.6 is 0 Å². The molecule has 2 atom stereocenters. The molecule has 0 bridgehead atoms. The van der Waals surface area contributed by atoms with E-state index in [1.54, 1.807) is 0 Å². The van der Waals surface area contributed by atoms with Crippen molar-refractivity contribution < 1.29 is 14.2 Å². The first-order chi connectivity index (χ1) is 7.86. The highest BCUT2D eigenvalue weighted by Gasteiger charge is 2.25. The molecule has 1 fully saturated rings. The second-order valence-electron chi connectivity index (χ2n) is 4.39. The second kappa shape index (κ2) is 8.97. The van der Waals surface area contributed by atoms with E-state index < -0.39 is 6.48 Å². The largest absolute Gasteiger partial charge is 0.330 e. The summed E-state index contributed by atoms with van der Waals surface area (Å²) < 4.78 is 16.2. The molecule has 1 heterocycles. The Labute approximate surface area is 99.5 Å². The predicted molar refractivity (Wildman–Crippen MR) is 64.2 cm³/mol. The lowest BCUT2D eigenvalue weighted by molar-refractivity contribution is -0.235. The van der Waals surface area contributed by atoms with Crippen molar-refractivity contribution >= 4 is 0 Å². The molecule has 3 heteroatoms. The minimum absolute atomic E-state index is 0.253. The van der Waals surface area contributed by atoms with Crippen molar-refractivity contribution in [2.24, 2.45) is 0 Å². The Hall–Kier alpha value is -0.120. The summed E-state index contributed by atoms with van der Waals surface area (Å²) in [5.41, 5.74) is 0. The third-order valence-electron chi connectivity index (χ3n) is 2.90. The zero-order valence-corrected chi connectivity index (χ0v) is 10.7. The van der Waals surface area contributed by atoms with Crippen molar-refractivity contribution in [2.45, 2.75) is 71.4 Å². The maximum absolute atomic E-state index is 5.59. The van der Waals surface area contributed by atoms with E-state index in [1.165, 1.54) is 38.5 Å². The molecule has 0 aromatic heterocycles. The minimum atomic E-state index is -0.407. The SMILES string of the molecule is CCCCCCCCC1COC(OCC)O1. The smallest absolute Gasteiger partial charge is 0.272 e. The van der Waals surface area contributed by atoms with E-state index in [1.807, 2.05) is 6.92 Å². The van der Waals surface area contributed by atoms with Gasteiger partial charge in [-0.3, -0.25) is 0 Å². The monoisotopic (exact) mass is 230 g/mol. The van der Waals surface area contributed by atoms with Crippen molar-refractivity contribution in [2.75, 3.05) is 13.2 Å². The molecule has 0 saturated carbocycles. The van der Waals surface area contributed by atoms with Gasteiger partial charge in [0, 0.05) is 6.61 Å². The molecular weight excluding hydrogens is 204 g/mol. The summed E-state index contributed by atoms with van der Waals surface area (Å²) in [7, 11) is 0. The van der Waals surface area contributed by atoms with Crippen LogP contribution in [0.2, 0.25) is 0 Å². The standard InChI is InChI=1S/C13H26O3/c1-3-5-6-7-8-9-10-12-11-15-13(16-12)14-4-2/h12-13H,3-11H2,1-2H3. The van der Waals surface area contributed by atoms with Gasteiger partial charge in [0.1, 0.15) is 0 Å². The summed E-state index contributed by atoms with van der Waals surface area (Å²) in [5.74, 6) is 0. The Morgan fingerprint density at radius 2 is 1.81 bits per heavy atom. The van der Waals surface area contributed by atoms with Crippen molar-refractivity contribution in [3.8, 4) is 0 Å². The van der Waals surface area contributed by atoms with Gasteiger partial charge in [0.15, 0.2) is 0 Å². The van der Waals surface area contributed by atoms with Crippen LogP contribution in [-0.2, 0) is 14.2 Å². The summed E-state index contributed by atoms with van der Waals surface area (Å²) >= 11 is 0. The molecule has 1 aliphatic heterocycles. The first kappa shape index (κ1) is 13.9. The van der Waals surface area contributed by atoms with Gasteiger partial charge in [-0.05, 0) is 13.3 Å². The molecule has 96 valence electrons. The summed E-state index contributed by atoms with van der Waals surface area (Å²) in [4.78, 5) is 0. The summed E-state index contributed by atoms with van der Waals surface area (Å²) in [6.07, 6.45) is 9.34. The molecule has 2 unspecified atom stereocenters. The molecule has 1 saturated heterocycles. The van der Waals surface area contributed by atoms with Gasteiger partial charge in [-0.2, -0.15) is 0 Å². The maximum Gasteiger partial charge on any atom is 0.272 e. The van der Waals surface area contributed by atoms with E-state index in [2.05, 4.69) is 6.92 Å². The van der Waals surface area contributed by atoms with Crippen LogP contribution in [0.15, 0.2) is 0 Å². The van der Waals surface area contributed by atoms with Crippen molar-refractivity contribution in [3.63, 3.8) is 0 Å². The lowest BCUT2D eigenvalue weighted by Crippen LogP contribution is -2.15. The van der Waals surface area contributed by atoms with Crippen molar-refractivity contribution in [1.29, 1.82) is 0 Å². The Kier molecular flexibility index (Phi) is 7.81. The Bertz CT molecular complexity index is 161. The highest BCUT2D eigenvalue weighted by Crippen LogP contribution is 2.18. The van der Waals surface area contributed by atoms with Gasteiger partial charge in [-0.1, -0.05) is 45.4 Å². The molecular formula is C13H26O3. The fourth-order valence-electron chi connectivity index (χ4n) is 1.95. The molecule has 0 aromatic rings. The van der Waals surface area contributed by atoms with E-state index in [0.717, 1.165) is 6.42 Å². The third-order valence-corrected chi connectivity index (χ3v) is 2.90. The van der Waals surface area contributed by atoms with Gasteiger partial charge in [-0.25, -0.2) is 0 Å². The molecule has 0 radical (unpaired) electrons. The van der Waals surface area contributed by atoms with Crippen LogP contribution in [0, 0.1) is 0 Å². The van der Waals surface area contributed by atoms with Gasteiger partial charge < -0.3 is 14.2 Å². The van der Waals surface area contributed by atoms with E-state index in [-0.39, 0.29) is 6.10 Å². The van der Waals surface area contributed by atoms with Crippen LogP contribution in [0.5, 0.6) is 0 Å². The van der Waals surface area contributed by atoms with Crippen LogP contribution in [0.4, 0.5) is 0 Å². The number of hydrogen-bond donors (Lipinski definition) is 0. The molecule has 16 heavy (non-hydrogen) atoms. The lowest BCUT2D eigenvalue weighted by Gasteiger charge is -2.10. The predicted octanol–water partition coefficient (Wildman–Crippen LogP) is 3.47. The second-order valence-corrected chi connectivity index (χ2v) is 4.39. The molecule has 1 rings (SSSR count). The van der Waals surface area contributed by atoms with Crippen LogP contribution in [0.25, 0.3) is 0 Å². The first-order valence-electron chi connectivity index (χ1n) is 6.75. The Morgan fingerprint density at radius 3 is 2.56 bits per heavy atom. The van der Waals surface area contributed by atoms with Crippen LogP contribution < -0.4 is 0 Å². The normalized spacial score (nSPS) is 25.1. The van der Waals surface area contributed by atoms with Crippen molar-refractivity contribution in [3.05, 3.63) is 0 Å². The zero-order chi connectivity index (χ0) is 11.6. The molecule has 0 N–H and O–H groups in total. The Balaban J connectivity index is 1.90. The number of unbranched alkanes of at least 4 members (excludes halogenated alkanes) is 5. The van der Waals surface area contributed by atoms with Gasteiger partial charge in [0.2, 0.25) is 0 Å². The minimum Gasteiger partial charge on any atom is -0.330 e. The fourth-order valence-corrected chi connectivity index (χ4v) is 1.95. The first-order valence-corrected chi connectivity index (χ1v) is 6.75. The van der Waals surface area contributed by atoms with E-state index in [4.69, 9.17) is 14.2 Å². The average Bonchev–Trinajstić information content (AvgIpc) is 2.72.